The first-order valence-electron chi connectivity index (χ1n) is 8.59. The molecule has 0 aliphatic heterocycles. The van der Waals surface area contributed by atoms with Gasteiger partial charge in [-0.25, -0.2) is 0 Å². The molecule has 0 aliphatic rings. The van der Waals surface area contributed by atoms with Gasteiger partial charge in [-0.05, 0) is 62.2 Å². The molecule has 0 heterocycles. The SMILES string of the molecule is CCN(C(=O)CCCC(=O)c1ccc(OC)cc1)c1cccc(C)c1. The quantitative estimate of drug-likeness (QED) is 0.669. The van der Waals surface area contributed by atoms with Crippen molar-refractivity contribution in [3.8, 4) is 5.75 Å². The maximum Gasteiger partial charge on any atom is 0.226 e. The number of benzene rings is 2. The van der Waals surface area contributed by atoms with Crippen molar-refractivity contribution in [2.75, 3.05) is 18.6 Å². The fourth-order valence-electron chi connectivity index (χ4n) is 2.76. The van der Waals surface area contributed by atoms with E-state index in [9.17, 15) is 9.59 Å². The van der Waals surface area contributed by atoms with Gasteiger partial charge in [0.05, 0.1) is 7.11 Å². The molecule has 0 unspecified atom stereocenters. The van der Waals surface area contributed by atoms with Crippen LogP contribution in [0.5, 0.6) is 5.75 Å². The van der Waals surface area contributed by atoms with Crippen LogP contribution in [0.2, 0.25) is 0 Å². The first-order chi connectivity index (χ1) is 12.0. The molecule has 1 amide bonds. The molecule has 25 heavy (non-hydrogen) atoms. The number of anilines is 1. The van der Waals surface area contributed by atoms with E-state index in [1.807, 2.05) is 38.1 Å². The van der Waals surface area contributed by atoms with Gasteiger partial charge in [0.2, 0.25) is 5.91 Å². The highest BCUT2D eigenvalue weighted by molar-refractivity contribution is 5.97. The molecule has 4 heteroatoms. The third-order valence-electron chi connectivity index (χ3n) is 4.14. The predicted octanol–water partition coefficient (Wildman–Crippen LogP) is 4.41. The number of carbonyl (C=O) groups excluding carboxylic acids is 2. The summed E-state index contributed by atoms with van der Waals surface area (Å²) in [6, 6.07) is 15.0. The lowest BCUT2D eigenvalue weighted by atomic mass is 10.0. The zero-order chi connectivity index (χ0) is 18.2. The average Bonchev–Trinajstić information content (AvgIpc) is 2.62. The lowest BCUT2D eigenvalue weighted by Crippen LogP contribution is -2.30. The molecule has 132 valence electrons. The van der Waals surface area contributed by atoms with E-state index < -0.39 is 0 Å². The Morgan fingerprint density at radius 2 is 1.76 bits per heavy atom. The van der Waals surface area contributed by atoms with Gasteiger partial charge in [-0.1, -0.05) is 12.1 Å². The fourth-order valence-corrected chi connectivity index (χ4v) is 2.76. The zero-order valence-electron chi connectivity index (χ0n) is 15.1. The van der Waals surface area contributed by atoms with Crippen LogP contribution in [0, 0.1) is 6.92 Å². The lowest BCUT2D eigenvalue weighted by Gasteiger charge is -2.21. The van der Waals surface area contributed by atoms with Gasteiger partial charge >= 0.3 is 0 Å². The number of amides is 1. The second kappa shape index (κ2) is 9.02. The number of methoxy groups -OCH3 is 1. The number of hydrogen-bond acceptors (Lipinski definition) is 3. The third kappa shape index (κ3) is 5.18. The number of rotatable bonds is 8. The number of hydrogen-bond donors (Lipinski definition) is 0. The van der Waals surface area contributed by atoms with Crippen molar-refractivity contribution in [3.05, 3.63) is 59.7 Å². The molecule has 4 nitrogen and oxygen atoms in total. The van der Waals surface area contributed by atoms with E-state index in [1.54, 1.807) is 36.3 Å². The summed E-state index contributed by atoms with van der Waals surface area (Å²) in [5, 5.41) is 0. The van der Waals surface area contributed by atoms with Crippen LogP contribution >= 0.6 is 0 Å². The van der Waals surface area contributed by atoms with Crippen molar-refractivity contribution in [1.29, 1.82) is 0 Å². The Labute approximate surface area is 149 Å². The molecule has 0 atom stereocenters. The molecule has 2 rings (SSSR count). The fraction of sp³-hybridized carbons (Fsp3) is 0.333. The molecule has 0 bridgehead atoms. The first kappa shape index (κ1) is 18.7. The summed E-state index contributed by atoms with van der Waals surface area (Å²) in [5.41, 5.74) is 2.69. The smallest absolute Gasteiger partial charge is 0.226 e. The van der Waals surface area contributed by atoms with Gasteiger partial charge in [0.15, 0.2) is 5.78 Å². The predicted molar refractivity (Wildman–Crippen MR) is 100 cm³/mol. The van der Waals surface area contributed by atoms with Crippen molar-refractivity contribution in [3.63, 3.8) is 0 Å². The van der Waals surface area contributed by atoms with Gasteiger partial charge in [-0.15, -0.1) is 0 Å². The summed E-state index contributed by atoms with van der Waals surface area (Å²) in [7, 11) is 1.59. The van der Waals surface area contributed by atoms with Gasteiger partial charge in [0.1, 0.15) is 5.75 Å². The second-order valence-corrected chi connectivity index (χ2v) is 5.98. The molecule has 2 aromatic carbocycles. The lowest BCUT2D eigenvalue weighted by molar-refractivity contribution is -0.118. The van der Waals surface area contributed by atoms with Gasteiger partial charge in [-0.2, -0.15) is 0 Å². The van der Waals surface area contributed by atoms with Crippen LogP contribution in [-0.2, 0) is 4.79 Å². The minimum Gasteiger partial charge on any atom is -0.497 e. The third-order valence-corrected chi connectivity index (χ3v) is 4.14. The molecule has 0 aromatic heterocycles. The molecular formula is C21H25NO3. The average molecular weight is 339 g/mol. The van der Waals surface area contributed by atoms with Gasteiger partial charge in [0.25, 0.3) is 0 Å². The highest BCUT2D eigenvalue weighted by Gasteiger charge is 2.15. The summed E-state index contributed by atoms with van der Waals surface area (Å²) in [4.78, 5) is 26.5. The first-order valence-corrected chi connectivity index (χ1v) is 8.59. The number of ketones is 1. The maximum absolute atomic E-state index is 12.5. The minimum atomic E-state index is 0.0501. The van der Waals surface area contributed by atoms with Crippen molar-refractivity contribution in [2.24, 2.45) is 0 Å². The number of aryl methyl sites for hydroxylation is 1. The van der Waals surface area contributed by atoms with E-state index in [1.165, 1.54) is 0 Å². The standard InChI is InChI=1S/C21H25NO3/c1-4-22(18-8-5-7-16(2)15-18)21(24)10-6-9-20(23)17-11-13-19(25-3)14-12-17/h5,7-8,11-15H,4,6,9-10H2,1-3H3. The largest absolute Gasteiger partial charge is 0.497 e. The van der Waals surface area contributed by atoms with Crippen molar-refractivity contribution in [1.82, 2.24) is 0 Å². The van der Waals surface area contributed by atoms with E-state index in [-0.39, 0.29) is 11.7 Å². The second-order valence-electron chi connectivity index (χ2n) is 5.98. The Kier molecular flexibility index (Phi) is 6.75. The maximum atomic E-state index is 12.5. The van der Waals surface area contributed by atoms with E-state index in [0.29, 0.717) is 31.4 Å². The van der Waals surface area contributed by atoms with Crippen LogP contribution in [0.1, 0.15) is 42.1 Å². The van der Waals surface area contributed by atoms with E-state index in [2.05, 4.69) is 0 Å². The molecule has 0 saturated carbocycles. The summed E-state index contributed by atoms with van der Waals surface area (Å²) in [5.74, 6) is 0.827. The van der Waals surface area contributed by atoms with Crippen LogP contribution < -0.4 is 9.64 Å². The van der Waals surface area contributed by atoms with E-state index in [0.717, 1.165) is 17.0 Å². The highest BCUT2D eigenvalue weighted by Crippen LogP contribution is 2.18. The summed E-state index contributed by atoms with van der Waals surface area (Å²) < 4.78 is 5.09. The molecular weight excluding hydrogens is 314 g/mol. The van der Waals surface area contributed by atoms with Crippen LogP contribution in [0.4, 0.5) is 5.69 Å². The van der Waals surface area contributed by atoms with Crippen molar-refractivity contribution in [2.45, 2.75) is 33.1 Å². The van der Waals surface area contributed by atoms with Crippen LogP contribution in [0.25, 0.3) is 0 Å². The molecule has 2 aromatic rings. The summed E-state index contributed by atoms with van der Waals surface area (Å²) in [6.07, 6.45) is 1.28. The number of Topliss-reactive ketones (excluding diaryl/α,β-unsaturated/α-hetero) is 1. The van der Waals surface area contributed by atoms with Crippen LogP contribution in [0.15, 0.2) is 48.5 Å². The molecule has 0 spiro atoms. The van der Waals surface area contributed by atoms with E-state index in [4.69, 9.17) is 4.74 Å². The van der Waals surface area contributed by atoms with Crippen molar-refractivity contribution < 1.29 is 14.3 Å². The van der Waals surface area contributed by atoms with Gasteiger partial charge in [-0.3, -0.25) is 9.59 Å². The Morgan fingerprint density at radius 3 is 2.36 bits per heavy atom. The Bertz CT molecular complexity index is 722. The number of carbonyl (C=O) groups is 2. The van der Waals surface area contributed by atoms with Crippen LogP contribution in [0.3, 0.4) is 0 Å². The number of ether oxygens (including phenoxy) is 1. The highest BCUT2D eigenvalue weighted by atomic mass is 16.5. The summed E-state index contributed by atoms with van der Waals surface area (Å²) >= 11 is 0. The molecule has 0 aliphatic carbocycles. The molecule has 0 N–H and O–H groups in total. The Hall–Kier alpha value is -2.62. The van der Waals surface area contributed by atoms with Gasteiger partial charge < -0.3 is 9.64 Å². The normalized spacial score (nSPS) is 10.4. The Morgan fingerprint density at radius 1 is 1.04 bits per heavy atom. The zero-order valence-corrected chi connectivity index (χ0v) is 15.1. The molecule has 0 fully saturated rings. The van der Waals surface area contributed by atoms with E-state index >= 15 is 0 Å². The topological polar surface area (TPSA) is 46.6 Å². The monoisotopic (exact) mass is 339 g/mol. The van der Waals surface area contributed by atoms with Crippen molar-refractivity contribution >= 4 is 17.4 Å². The molecule has 0 radical (unpaired) electrons. The number of nitrogens with zero attached hydrogens (tertiary/aromatic N) is 1. The van der Waals surface area contributed by atoms with Gasteiger partial charge in [0, 0.05) is 30.6 Å². The minimum absolute atomic E-state index is 0.0501. The Balaban J connectivity index is 1.88. The molecule has 0 saturated heterocycles. The van der Waals surface area contributed by atoms with Crippen LogP contribution in [-0.4, -0.2) is 25.3 Å². The summed E-state index contributed by atoms with van der Waals surface area (Å²) in [6.45, 7) is 4.59.